The molecule has 0 bridgehead atoms. The van der Waals surface area contributed by atoms with Gasteiger partial charge in [0, 0.05) is 0 Å². The fourth-order valence-corrected chi connectivity index (χ4v) is 1.30. The molecule has 0 saturated carbocycles. The minimum absolute atomic E-state index is 0.229. The summed E-state index contributed by atoms with van der Waals surface area (Å²) in [6.45, 7) is 0. The van der Waals surface area contributed by atoms with Gasteiger partial charge < -0.3 is 4.52 Å². The fourth-order valence-electron chi connectivity index (χ4n) is 1.19. The van der Waals surface area contributed by atoms with Crippen LogP contribution < -0.4 is 0 Å². The topological polar surface area (TPSA) is 38.9 Å². The van der Waals surface area contributed by atoms with Crippen LogP contribution >= 0.6 is 11.6 Å². The van der Waals surface area contributed by atoms with E-state index in [4.69, 9.17) is 16.1 Å². The van der Waals surface area contributed by atoms with E-state index in [-0.39, 0.29) is 11.7 Å². The highest BCUT2D eigenvalue weighted by molar-refractivity contribution is 6.16. The van der Waals surface area contributed by atoms with Crippen LogP contribution in [0, 0.1) is 5.82 Å². The van der Waals surface area contributed by atoms with Crippen LogP contribution in [0.25, 0.3) is 0 Å². The SMILES string of the molecule is Fc1ccc(Cc2nc(CCl)no2)cc1. The Bertz CT molecular complexity index is 441. The van der Waals surface area contributed by atoms with Crippen molar-refractivity contribution in [3.63, 3.8) is 0 Å². The summed E-state index contributed by atoms with van der Waals surface area (Å²) >= 11 is 5.53. The maximum atomic E-state index is 12.6. The zero-order valence-corrected chi connectivity index (χ0v) is 8.54. The number of hydrogen-bond donors (Lipinski definition) is 0. The Balaban J connectivity index is 2.11. The highest BCUT2D eigenvalue weighted by atomic mass is 35.5. The van der Waals surface area contributed by atoms with Crippen molar-refractivity contribution in [2.24, 2.45) is 0 Å². The molecule has 0 aliphatic heterocycles. The summed E-state index contributed by atoms with van der Waals surface area (Å²) in [6, 6.07) is 6.15. The summed E-state index contributed by atoms with van der Waals surface area (Å²) in [5, 5.41) is 3.66. The molecule has 0 saturated heterocycles. The second-order valence-electron chi connectivity index (χ2n) is 3.04. The summed E-state index contributed by atoms with van der Waals surface area (Å²) in [5.41, 5.74) is 0.918. The lowest BCUT2D eigenvalue weighted by atomic mass is 10.1. The molecule has 5 heteroatoms. The summed E-state index contributed by atoms with van der Waals surface area (Å²) in [6.07, 6.45) is 0.490. The first-order chi connectivity index (χ1) is 7.28. The summed E-state index contributed by atoms with van der Waals surface area (Å²) in [7, 11) is 0. The molecule has 0 radical (unpaired) electrons. The summed E-state index contributed by atoms with van der Waals surface area (Å²) in [5.74, 6) is 0.921. The number of alkyl halides is 1. The van der Waals surface area contributed by atoms with Crippen LogP contribution in [0.4, 0.5) is 4.39 Å². The van der Waals surface area contributed by atoms with E-state index in [2.05, 4.69) is 10.1 Å². The van der Waals surface area contributed by atoms with E-state index in [1.165, 1.54) is 12.1 Å². The van der Waals surface area contributed by atoms with Gasteiger partial charge in [0.05, 0.1) is 12.3 Å². The first-order valence-electron chi connectivity index (χ1n) is 4.40. The molecule has 0 spiro atoms. The number of halogens is 2. The minimum atomic E-state index is -0.259. The smallest absolute Gasteiger partial charge is 0.231 e. The lowest BCUT2D eigenvalue weighted by molar-refractivity contribution is 0.381. The molecule has 0 N–H and O–H groups in total. The van der Waals surface area contributed by atoms with Crippen molar-refractivity contribution in [3.05, 3.63) is 47.4 Å². The van der Waals surface area contributed by atoms with Crippen LogP contribution in [0.2, 0.25) is 0 Å². The number of hydrogen-bond acceptors (Lipinski definition) is 3. The van der Waals surface area contributed by atoms with Gasteiger partial charge in [-0.3, -0.25) is 0 Å². The van der Waals surface area contributed by atoms with Crippen LogP contribution in [0.15, 0.2) is 28.8 Å². The lowest BCUT2D eigenvalue weighted by Gasteiger charge is -1.95. The first-order valence-corrected chi connectivity index (χ1v) is 4.93. The summed E-state index contributed by atoms with van der Waals surface area (Å²) in [4.78, 5) is 4.04. The highest BCUT2D eigenvalue weighted by Gasteiger charge is 2.05. The third kappa shape index (κ3) is 2.53. The van der Waals surface area contributed by atoms with Crippen molar-refractivity contribution in [1.29, 1.82) is 0 Å². The average Bonchev–Trinajstić information content (AvgIpc) is 2.69. The van der Waals surface area contributed by atoms with Gasteiger partial charge in [0.1, 0.15) is 5.82 Å². The molecule has 2 rings (SSSR count). The Hall–Kier alpha value is -1.42. The van der Waals surface area contributed by atoms with Gasteiger partial charge in [0.2, 0.25) is 5.89 Å². The monoisotopic (exact) mass is 226 g/mol. The Morgan fingerprint density at radius 1 is 1.27 bits per heavy atom. The van der Waals surface area contributed by atoms with Gasteiger partial charge in [-0.2, -0.15) is 4.98 Å². The highest BCUT2D eigenvalue weighted by Crippen LogP contribution is 2.09. The second-order valence-corrected chi connectivity index (χ2v) is 3.31. The maximum Gasteiger partial charge on any atom is 0.231 e. The normalized spacial score (nSPS) is 10.5. The third-order valence-corrected chi connectivity index (χ3v) is 2.14. The van der Waals surface area contributed by atoms with E-state index in [1.807, 2.05) is 0 Å². The first kappa shape index (κ1) is 10.1. The van der Waals surface area contributed by atoms with E-state index in [9.17, 15) is 4.39 Å². The minimum Gasteiger partial charge on any atom is -0.339 e. The molecule has 1 aromatic heterocycles. The molecule has 0 aliphatic rings. The molecule has 0 aliphatic carbocycles. The quantitative estimate of drug-likeness (QED) is 0.755. The van der Waals surface area contributed by atoms with Crippen LogP contribution in [-0.2, 0) is 12.3 Å². The van der Waals surface area contributed by atoms with Crippen molar-refractivity contribution in [2.75, 3.05) is 0 Å². The molecule has 0 amide bonds. The Kier molecular flexibility index (Phi) is 2.97. The fraction of sp³-hybridized carbons (Fsp3) is 0.200. The number of benzene rings is 1. The molecule has 15 heavy (non-hydrogen) atoms. The Morgan fingerprint density at radius 3 is 2.60 bits per heavy atom. The van der Waals surface area contributed by atoms with Gasteiger partial charge in [0.25, 0.3) is 0 Å². The van der Waals surface area contributed by atoms with Crippen LogP contribution in [-0.4, -0.2) is 10.1 Å². The molecule has 0 fully saturated rings. The number of nitrogens with zero attached hydrogens (tertiary/aromatic N) is 2. The molecule has 0 atom stereocenters. The summed E-state index contributed by atoms with van der Waals surface area (Å²) < 4.78 is 17.6. The average molecular weight is 227 g/mol. The van der Waals surface area contributed by atoms with Crippen LogP contribution in [0.3, 0.4) is 0 Å². The predicted molar refractivity (Wildman–Crippen MR) is 53.1 cm³/mol. The van der Waals surface area contributed by atoms with E-state index >= 15 is 0 Å². The Labute approximate surface area is 90.9 Å². The molecule has 0 unspecified atom stereocenters. The van der Waals surface area contributed by atoms with Crippen molar-refractivity contribution in [2.45, 2.75) is 12.3 Å². The van der Waals surface area contributed by atoms with Gasteiger partial charge in [-0.1, -0.05) is 17.3 Å². The molecule has 78 valence electrons. The molecule has 2 aromatic rings. The predicted octanol–water partition coefficient (Wildman–Crippen LogP) is 2.54. The van der Waals surface area contributed by atoms with Gasteiger partial charge >= 0.3 is 0 Å². The zero-order chi connectivity index (χ0) is 10.7. The van der Waals surface area contributed by atoms with Crippen molar-refractivity contribution in [3.8, 4) is 0 Å². The third-order valence-electron chi connectivity index (χ3n) is 1.90. The second kappa shape index (κ2) is 4.40. The van der Waals surface area contributed by atoms with Gasteiger partial charge in [-0.15, -0.1) is 11.6 Å². The number of aromatic nitrogens is 2. The Morgan fingerprint density at radius 2 is 2.00 bits per heavy atom. The molecule has 1 heterocycles. The largest absolute Gasteiger partial charge is 0.339 e. The van der Waals surface area contributed by atoms with Gasteiger partial charge in [0.15, 0.2) is 5.82 Å². The number of rotatable bonds is 3. The van der Waals surface area contributed by atoms with E-state index in [0.29, 0.717) is 18.1 Å². The van der Waals surface area contributed by atoms with Gasteiger partial charge in [-0.25, -0.2) is 4.39 Å². The molecule has 1 aromatic carbocycles. The standard InChI is InChI=1S/C10H8ClFN2O/c11-6-9-13-10(15-14-9)5-7-1-3-8(12)4-2-7/h1-4H,5-6H2. The van der Waals surface area contributed by atoms with Crippen molar-refractivity contribution in [1.82, 2.24) is 10.1 Å². The zero-order valence-electron chi connectivity index (χ0n) is 7.78. The lowest BCUT2D eigenvalue weighted by Crippen LogP contribution is -1.89. The maximum absolute atomic E-state index is 12.6. The van der Waals surface area contributed by atoms with Crippen molar-refractivity contribution < 1.29 is 8.91 Å². The van der Waals surface area contributed by atoms with E-state index < -0.39 is 0 Å². The molecular weight excluding hydrogens is 219 g/mol. The molecule has 3 nitrogen and oxygen atoms in total. The van der Waals surface area contributed by atoms with E-state index in [0.717, 1.165) is 5.56 Å². The van der Waals surface area contributed by atoms with Crippen LogP contribution in [0.1, 0.15) is 17.3 Å². The molecular formula is C10H8ClFN2O. The van der Waals surface area contributed by atoms with Gasteiger partial charge in [-0.05, 0) is 17.7 Å². The van der Waals surface area contributed by atoms with Crippen LogP contribution in [0.5, 0.6) is 0 Å². The van der Waals surface area contributed by atoms with E-state index in [1.54, 1.807) is 12.1 Å². The van der Waals surface area contributed by atoms with Crippen molar-refractivity contribution >= 4 is 11.6 Å².